The van der Waals surface area contributed by atoms with Gasteiger partial charge in [0.1, 0.15) is 17.1 Å². The first kappa shape index (κ1) is 23.9. The van der Waals surface area contributed by atoms with Crippen LogP contribution >= 0.6 is 0 Å². The lowest BCUT2D eigenvalue weighted by atomic mass is 10.0. The number of hydrogen-bond donors (Lipinski definition) is 2. The summed E-state index contributed by atoms with van der Waals surface area (Å²) in [6.45, 7) is 8.94. The third kappa shape index (κ3) is 4.87. The van der Waals surface area contributed by atoms with E-state index in [1.807, 2.05) is 19.9 Å². The summed E-state index contributed by atoms with van der Waals surface area (Å²) in [7, 11) is 0. The fraction of sp³-hybridized carbons (Fsp3) is 0.308. The van der Waals surface area contributed by atoms with E-state index in [1.165, 1.54) is 13.0 Å². The van der Waals surface area contributed by atoms with Gasteiger partial charge in [0.25, 0.3) is 5.76 Å². The molecule has 3 aromatic rings. The van der Waals surface area contributed by atoms with Crippen molar-refractivity contribution in [3.63, 3.8) is 0 Å². The first-order valence-electron chi connectivity index (χ1n) is 10.9. The molecule has 174 valence electrons. The fourth-order valence-corrected chi connectivity index (χ4v) is 3.74. The summed E-state index contributed by atoms with van der Waals surface area (Å²) in [4.78, 5) is 23.7. The van der Waals surface area contributed by atoms with Crippen molar-refractivity contribution < 1.29 is 33.7 Å². The average molecular weight is 453 g/mol. The number of carboxylic acids is 1. The third-order valence-corrected chi connectivity index (χ3v) is 5.28. The molecule has 1 aromatic heterocycles. The Kier molecular flexibility index (Phi) is 7.43. The Hall–Kier alpha value is -3.74. The summed E-state index contributed by atoms with van der Waals surface area (Å²) in [6.07, 6.45) is 2.97. The Morgan fingerprint density at radius 3 is 2.55 bits per heavy atom. The number of benzene rings is 2. The quantitative estimate of drug-likeness (QED) is 0.211. The molecule has 33 heavy (non-hydrogen) atoms. The highest BCUT2D eigenvalue weighted by Gasteiger charge is 2.27. The van der Waals surface area contributed by atoms with Crippen LogP contribution in [0.15, 0.2) is 47.4 Å². The molecule has 1 unspecified atom stereocenters. The van der Waals surface area contributed by atoms with Crippen molar-refractivity contribution >= 4 is 22.7 Å². The molecule has 0 radical (unpaired) electrons. The highest BCUT2D eigenvalue weighted by Crippen LogP contribution is 2.38. The molecule has 7 nitrogen and oxygen atoms in total. The molecule has 0 fully saturated rings. The molecular weight excluding hydrogens is 424 g/mol. The maximum absolute atomic E-state index is 11.9. The second kappa shape index (κ2) is 10.3. The summed E-state index contributed by atoms with van der Waals surface area (Å²) >= 11 is 0. The van der Waals surface area contributed by atoms with E-state index in [9.17, 15) is 19.8 Å². The number of carbonyl (C=O) groups is 2. The van der Waals surface area contributed by atoms with E-state index in [0.29, 0.717) is 41.5 Å². The molecule has 2 N–H and O–H groups in total. The number of allylic oxidation sites excluding steroid dienone is 1. The van der Waals surface area contributed by atoms with Gasteiger partial charge >= 0.3 is 5.97 Å². The Labute approximate surface area is 192 Å². The van der Waals surface area contributed by atoms with Crippen molar-refractivity contribution in [1.29, 1.82) is 0 Å². The van der Waals surface area contributed by atoms with Crippen LogP contribution < -0.4 is 9.47 Å². The fourth-order valence-electron chi connectivity index (χ4n) is 3.74. The molecule has 0 aliphatic rings. The third-order valence-electron chi connectivity index (χ3n) is 5.28. The molecule has 0 aliphatic carbocycles. The predicted molar refractivity (Wildman–Crippen MR) is 125 cm³/mol. The molecule has 7 heteroatoms. The van der Waals surface area contributed by atoms with Crippen molar-refractivity contribution in [2.75, 3.05) is 0 Å². The van der Waals surface area contributed by atoms with Gasteiger partial charge in [-0.2, -0.15) is 0 Å². The van der Waals surface area contributed by atoms with E-state index >= 15 is 0 Å². The first-order chi connectivity index (χ1) is 15.8. The van der Waals surface area contributed by atoms with Gasteiger partial charge in [0, 0.05) is 12.0 Å². The molecule has 1 atom stereocenters. The van der Waals surface area contributed by atoms with Crippen molar-refractivity contribution in [3.8, 4) is 17.2 Å². The molecule has 2 aromatic carbocycles. The lowest BCUT2D eigenvalue weighted by Gasteiger charge is -2.22. The number of carboxylic acid groups (broad SMARTS) is 1. The van der Waals surface area contributed by atoms with Crippen LogP contribution in [0.4, 0.5) is 0 Å². The zero-order chi connectivity index (χ0) is 24.1. The lowest BCUT2D eigenvalue weighted by Crippen LogP contribution is -2.24. The number of ketones is 1. The van der Waals surface area contributed by atoms with Crippen LogP contribution in [0.1, 0.15) is 65.7 Å². The van der Waals surface area contributed by atoms with Gasteiger partial charge in [-0.15, -0.1) is 6.58 Å². The second-order valence-corrected chi connectivity index (χ2v) is 7.67. The van der Waals surface area contributed by atoms with Crippen LogP contribution in [0, 0.1) is 0 Å². The number of fused-ring (bicyclic) bond motifs is 1. The second-order valence-electron chi connectivity index (χ2n) is 7.67. The standard InChI is InChI=1S/C26H28O7/c1-5-9-16-11-8-12-20-22(16)24(25(32-20)26(29)30)33-21(7-3)31-19-14-13-17(15(4)27)23(28)18(19)10-6-2/h5,8,11-14,21,28H,1,6-7,9-10H2,2-4H3,(H,29,30). The number of phenolic OH excluding ortho intramolecular Hbond substituents is 1. The highest BCUT2D eigenvalue weighted by atomic mass is 16.7. The minimum atomic E-state index is -1.25. The monoisotopic (exact) mass is 452 g/mol. The number of furan rings is 1. The van der Waals surface area contributed by atoms with Crippen LogP contribution in [0.5, 0.6) is 17.2 Å². The summed E-state index contributed by atoms with van der Waals surface area (Å²) in [5.74, 6) is -1.45. The summed E-state index contributed by atoms with van der Waals surface area (Å²) < 4.78 is 17.7. The average Bonchev–Trinajstić information content (AvgIpc) is 3.15. The van der Waals surface area contributed by atoms with Gasteiger partial charge < -0.3 is 24.1 Å². The first-order valence-corrected chi connectivity index (χ1v) is 10.9. The van der Waals surface area contributed by atoms with Crippen LogP contribution in [-0.2, 0) is 12.8 Å². The molecule has 0 saturated heterocycles. The topological polar surface area (TPSA) is 106 Å². The van der Waals surface area contributed by atoms with Gasteiger partial charge in [-0.1, -0.05) is 38.5 Å². The molecule has 1 heterocycles. The van der Waals surface area contributed by atoms with E-state index in [0.717, 1.165) is 12.0 Å². The van der Waals surface area contributed by atoms with E-state index in [4.69, 9.17) is 13.9 Å². The number of phenols is 1. The SMILES string of the molecule is C=CCc1cccc2oc(C(=O)O)c(OC(CC)Oc3ccc(C(C)=O)c(O)c3CCC)c12. The largest absolute Gasteiger partial charge is 0.507 e. The normalized spacial score (nSPS) is 11.8. The van der Waals surface area contributed by atoms with Gasteiger partial charge in [-0.05, 0) is 43.5 Å². The molecule has 0 aliphatic heterocycles. The number of Topliss-reactive ketones (excluding diaryl/α,β-unsaturated/α-hetero) is 1. The number of hydrogen-bond acceptors (Lipinski definition) is 6. The van der Waals surface area contributed by atoms with Crippen molar-refractivity contribution in [1.82, 2.24) is 0 Å². The van der Waals surface area contributed by atoms with Crippen LogP contribution in [0.2, 0.25) is 0 Å². The zero-order valence-corrected chi connectivity index (χ0v) is 19.0. The number of rotatable bonds is 11. The molecule has 0 spiro atoms. The highest BCUT2D eigenvalue weighted by molar-refractivity contribution is 5.99. The summed E-state index contributed by atoms with van der Waals surface area (Å²) in [5, 5.41) is 20.9. The molecular formula is C26H28O7. The number of aromatic carboxylic acids is 1. The molecule has 0 amide bonds. The Morgan fingerprint density at radius 1 is 1.18 bits per heavy atom. The Bertz CT molecular complexity index is 1190. The van der Waals surface area contributed by atoms with Crippen molar-refractivity contribution in [3.05, 3.63) is 65.4 Å². The molecule has 3 rings (SSSR count). The van der Waals surface area contributed by atoms with E-state index in [1.54, 1.807) is 24.3 Å². The molecule has 0 bridgehead atoms. The van der Waals surface area contributed by atoms with Gasteiger partial charge in [0.15, 0.2) is 11.5 Å². The summed E-state index contributed by atoms with van der Waals surface area (Å²) in [6, 6.07) is 8.46. The van der Waals surface area contributed by atoms with Gasteiger partial charge in [0.2, 0.25) is 6.29 Å². The maximum atomic E-state index is 11.9. The van der Waals surface area contributed by atoms with Crippen molar-refractivity contribution in [2.45, 2.75) is 52.7 Å². The number of ether oxygens (including phenoxy) is 2. The zero-order valence-electron chi connectivity index (χ0n) is 19.0. The van der Waals surface area contributed by atoms with Crippen LogP contribution in [-0.4, -0.2) is 28.3 Å². The minimum Gasteiger partial charge on any atom is -0.507 e. The van der Waals surface area contributed by atoms with Gasteiger partial charge in [0.05, 0.1) is 10.9 Å². The Balaban J connectivity index is 2.04. The predicted octanol–water partition coefficient (Wildman–Crippen LogP) is 5.91. The van der Waals surface area contributed by atoms with Crippen LogP contribution in [0.25, 0.3) is 11.0 Å². The minimum absolute atomic E-state index is 0.0865. The van der Waals surface area contributed by atoms with Gasteiger partial charge in [-0.3, -0.25) is 4.79 Å². The Morgan fingerprint density at radius 2 is 1.94 bits per heavy atom. The van der Waals surface area contributed by atoms with E-state index in [-0.39, 0.29) is 28.6 Å². The van der Waals surface area contributed by atoms with E-state index in [2.05, 4.69) is 6.58 Å². The van der Waals surface area contributed by atoms with Crippen LogP contribution in [0.3, 0.4) is 0 Å². The van der Waals surface area contributed by atoms with Gasteiger partial charge in [-0.25, -0.2) is 4.79 Å². The lowest BCUT2D eigenvalue weighted by molar-refractivity contribution is 0.00163. The number of carbonyl (C=O) groups excluding carboxylic acids is 1. The summed E-state index contributed by atoms with van der Waals surface area (Å²) in [5.41, 5.74) is 1.95. The van der Waals surface area contributed by atoms with Crippen molar-refractivity contribution in [2.24, 2.45) is 0 Å². The smallest absolute Gasteiger partial charge is 0.375 e. The molecule has 0 saturated carbocycles. The number of aromatic hydroxyl groups is 1. The maximum Gasteiger partial charge on any atom is 0.375 e. The van der Waals surface area contributed by atoms with E-state index < -0.39 is 12.3 Å².